The number of fused-ring (bicyclic) bond motifs is 1. The summed E-state index contributed by atoms with van der Waals surface area (Å²) < 4.78 is 54.0. The zero-order chi connectivity index (χ0) is 30.8. The predicted octanol–water partition coefficient (Wildman–Crippen LogP) is 6.14. The van der Waals surface area contributed by atoms with Gasteiger partial charge in [-0.2, -0.15) is 18.3 Å². The minimum Gasteiger partial charge on any atom is -0.480 e. The van der Waals surface area contributed by atoms with Crippen molar-refractivity contribution in [3.8, 4) is 34.6 Å². The first-order valence-corrected chi connectivity index (χ1v) is 13.0. The average molecular weight is 602 g/mol. The van der Waals surface area contributed by atoms with Gasteiger partial charge in [0.05, 0.1) is 60.2 Å². The Kier molecular flexibility index (Phi) is 7.26. The van der Waals surface area contributed by atoms with E-state index < -0.39 is 17.8 Å². The van der Waals surface area contributed by atoms with E-state index in [0.29, 0.717) is 17.3 Å². The quantitative estimate of drug-likeness (QED) is 0.223. The van der Waals surface area contributed by atoms with Gasteiger partial charge >= 0.3 is 18.2 Å². The van der Waals surface area contributed by atoms with Crippen LogP contribution in [0, 0.1) is 6.92 Å². The molecule has 15 heteroatoms. The second kappa shape index (κ2) is 11.4. The Labute approximate surface area is 247 Å². The summed E-state index contributed by atoms with van der Waals surface area (Å²) in [6, 6.07) is 12.8. The second-order valence-electron chi connectivity index (χ2n) is 9.44. The summed E-state index contributed by atoms with van der Waals surface area (Å²) in [5.41, 5.74) is 2.48. The predicted molar refractivity (Wildman–Crippen MR) is 153 cm³/mol. The van der Waals surface area contributed by atoms with E-state index >= 15 is 0 Å². The maximum atomic E-state index is 13.4. The molecule has 0 aliphatic carbocycles. The van der Waals surface area contributed by atoms with E-state index in [1.165, 1.54) is 30.3 Å². The molecule has 4 heterocycles. The van der Waals surface area contributed by atoms with Gasteiger partial charge in [0.15, 0.2) is 5.65 Å². The van der Waals surface area contributed by atoms with Crippen molar-refractivity contribution in [3.63, 3.8) is 0 Å². The van der Waals surface area contributed by atoms with Crippen molar-refractivity contribution >= 4 is 23.1 Å². The summed E-state index contributed by atoms with van der Waals surface area (Å²) in [6.45, 7) is 1.79. The summed E-state index contributed by atoms with van der Waals surface area (Å²) in [7, 11) is 1.54. The standard InChI is InChI=1S/C29H22F3N9O3/c1-17-12-36-40(16-17)23-8-5-19(29(30,31)32)11-22(23)38-27(42)37-20-13-34-28(35-14-20)44-21-6-3-18(4-7-21)24-15-33-25-9-10-26(43-2)39-41(24)25/h3-16H,1-2H3,(H2,37,38,42). The molecule has 12 nitrogen and oxygen atoms in total. The number of carbonyl (C=O) groups is 1. The number of methoxy groups -OCH3 is 1. The van der Waals surface area contributed by atoms with Gasteiger partial charge in [0.25, 0.3) is 0 Å². The summed E-state index contributed by atoms with van der Waals surface area (Å²) in [6.07, 6.45) is 2.88. The largest absolute Gasteiger partial charge is 0.480 e. The number of nitrogens with zero attached hydrogens (tertiary/aromatic N) is 7. The number of amides is 2. The van der Waals surface area contributed by atoms with Gasteiger partial charge in [-0.05, 0) is 61.0 Å². The minimum absolute atomic E-state index is 0.0131. The number of halogens is 3. The van der Waals surface area contributed by atoms with Crippen LogP contribution in [0.1, 0.15) is 11.1 Å². The number of carbonyl (C=O) groups excluding carboxylic acids is 1. The van der Waals surface area contributed by atoms with Crippen LogP contribution in [-0.2, 0) is 6.18 Å². The zero-order valence-corrected chi connectivity index (χ0v) is 23.1. The van der Waals surface area contributed by atoms with Crippen LogP contribution in [0.2, 0.25) is 0 Å². The van der Waals surface area contributed by atoms with Crippen LogP contribution < -0.4 is 20.1 Å². The summed E-state index contributed by atoms with van der Waals surface area (Å²) in [5, 5.41) is 13.5. The molecular weight excluding hydrogens is 579 g/mol. The first-order valence-electron chi connectivity index (χ1n) is 13.0. The van der Waals surface area contributed by atoms with Crippen LogP contribution in [-0.4, -0.2) is 47.5 Å². The number of urea groups is 1. The number of hydrogen-bond acceptors (Lipinski definition) is 8. The fraction of sp³-hybridized carbons (Fsp3) is 0.103. The molecule has 0 radical (unpaired) electrons. The number of anilines is 2. The molecule has 6 aromatic rings. The van der Waals surface area contributed by atoms with Gasteiger partial charge in [0.1, 0.15) is 5.75 Å². The third kappa shape index (κ3) is 5.97. The number of alkyl halides is 3. The SMILES string of the molecule is COc1ccc2ncc(-c3ccc(Oc4ncc(NC(=O)Nc5cc(C(F)(F)F)ccc5-n5cc(C)cn5)cn4)cc3)n2n1. The van der Waals surface area contributed by atoms with Crippen molar-refractivity contribution < 1.29 is 27.4 Å². The van der Waals surface area contributed by atoms with E-state index in [0.717, 1.165) is 29.0 Å². The molecule has 4 aromatic heterocycles. The molecule has 6 rings (SSSR count). The van der Waals surface area contributed by atoms with Crippen LogP contribution in [0.3, 0.4) is 0 Å². The van der Waals surface area contributed by atoms with Gasteiger partial charge in [-0.1, -0.05) is 0 Å². The van der Waals surface area contributed by atoms with Gasteiger partial charge in [-0.15, -0.1) is 5.10 Å². The number of ether oxygens (including phenoxy) is 2. The molecule has 0 atom stereocenters. The van der Waals surface area contributed by atoms with E-state index in [2.05, 4.69) is 35.8 Å². The molecule has 0 aliphatic rings. The Morgan fingerprint density at radius 2 is 1.68 bits per heavy atom. The highest BCUT2D eigenvalue weighted by molar-refractivity contribution is 6.00. The Balaban J connectivity index is 1.12. The van der Waals surface area contributed by atoms with Crippen molar-refractivity contribution in [2.75, 3.05) is 17.7 Å². The molecule has 2 N–H and O–H groups in total. The Bertz CT molecular complexity index is 1950. The lowest BCUT2D eigenvalue weighted by Crippen LogP contribution is -2.21. The Morgan fingerprint density at radius 1 is 0.909 bits per heavy atom. The fourth-order valence-electron chi connectivity index (χ4n) is 4.24. The maximum Gasteiger partial charge on any atom is 0.416 e. The van der Waals surface area contributed by atoms with Gasteiger partial charge in [-0.3, -0.25) is 0 Å². The number of hydrogen-bond donors (Lipinski definition) is 2. The topological polar surface area (TPSA) is 133 Å². The molecule has 44 heavy (non-hydrogen) atoms. The third-order valence-electron chi connectivity index (χ3n) is 6.32. The number of aryl methyl sites for hydroxylation is 1. The molecule has 0 fully saturated rings. The summed E-state index contributed by atoms with van der Waals surface area (Å²) in [4.78, 5) is 25.3. The number of aromatic nitrogens is 7. The fourth-order valence-corrected chi connectivity index (χ4v) is 4.24. The van der Waals surface area contributed by atoms with E-state index in [1.807, 2.05) is 12.1 Å². The average Bonchev–Trinajstić information content (AvgIpc) is 3.64. The second-order valence-corrected chi connectivity index (χ2v) is 9.44. The molecule has 0 spiro atoms. The monoisotopic (exact) mass is 601 g/mol. The van der Waals surface area contributed by atoms with E-state index in [9.17, 15) is 18.0 Å². The van der Waals surface area contributed by atoms with Crippen molar-refractivity contribution in [3.05, 3.63) is 96.7 Å². The summed E-state index contributed by atoms with van der Waals surface area (Å²) in [5.74, 6) is 0.909. The van der Waals surface area contributed by atoms with E-state index in [1.54, 1.807) is 54.3 Å². The van der Waals surface area contributed by atoms with Crippen LogP contribution in [0.5, 0.6) is 17.6 Å². The first-order chi connectivity index (χ1) is 21.2. The Morgan fingerprint density at radius 3 is 2.36 bits per heavy atom. The molecule has 0 bridgehead atoms. The number of benzene rings is 2. The highest BCUT2D eigenvalue weighted by Gasteiger charge is 2.31. The lowest BCUT2D eigenvalue weighted by atomic mass is 10.1. The lowest BCUT2D eigenvalue weighted by molar-refractivity contribution is -0.137. The zero-order valence-electron chi connectivity index (χ0n) is 23.1. The van der Waals surface area contributed by atoms with Crippen LogP contribution >= 0.6 is 0 Å². The molecule has 222 valence electrons. The van der Waals surface area contributed by atoms with Crippen LogP contribution in [0.15, 0.2) is 85.6 Å². The van der Waals surface area contributed by atoms with Crippen molar-refractivity contribution in [2.45, 2.75) is 13.1 Å². The molecular formula is C29H22F3N9O3. The number of imidazole rings is 1. The van der Waals surface area contributed by atoms with Crippen molar-refractivity contribution in [1.82, 2.24) is 34.3 Å². The van der Waals surface area contributed by atoms with Gasteiger partial charge in [-0.25, -0.2) is 28.9 Å². The molecule has 0 aliphatic heterocycles. The summed E-state index contributed by atoms with van der Waals surface area (Å²) >= 11 is 0. The van der Waals surface area contributed by atoms with Gasteiger partial charge < -0.3 is 20.1 Å². The first kappa shape index (κ1) is 28.1. The maximum absolute atomic E-state index is 13.4. The number of rotatable bonds is 7. The highest BCUT2D eigenvalue weighted by Crippen LogP contribution is 2.33. The molecule has 2 aromatic carbocycles. The van der Waals surface area contributed by atoms with E-state index in [-0.39, 0.29) is 23.1 Å². The molecule has 0 saturated carbocycles. The number of nitrogens with one attached hydrogen (secondary N) is 2. The lowest BCUT2D eigenvalue weighted by Gasteiger charge is -2.15. The van der Waals surface area contributed by atoms with E-state index in [4.69, 9.17) is 9.47 Å². The van der Waals surface area contributed by atoms with Crippen LogP contribution in [0.25, 0.3) is 22.6 Å². The normalized spacial score (nSPS) is 11.4. The Hall–Kier alpha value is -5.99. The third-order valence-corrected chi connectivity index (χ3v) is 6.32. The smallest absolute Gasteiger partial charge is 0.416 e. The van der Waals surface area contributed by atoms with Gasteiger partial charge in [0, 0.05) is 17.8 Å². The molecule has 0 saturated heterocycles. The van der Waals surface area contributed by atoms with Gasteiger partial charge in [0.2, 0.25) is 5.88 Å². The molecule has 0 unspecified atom stereocenters. The molecule has 2 amide bonds. The highest BCUT2D eigenvalue weighted by atomic mass is 19.4. The minimum atomic E-state index is -4.60. The van der Waals surface area contributed by atoms with Crippen molar-refractivity contribution in [2.24, 2.45) is 0 Å². The van der Waals surface area contributed by atoms with Crippen LogP contribution in [0.4, 0.5) is 29.3 Å². The van der Waals surface area contributed by atoms with Crippen molar-refractivity contribution in [1.29, 1.82) is 0 Å².